The molecule has 1 aliphatic rings. The molecule has 0 radical (unpaired) electrons. The van der Waals surface area contributed by atoms with Crippen LogP contribution in [0.2, 0.25) is 0 Å². The van der Waals surface area contributed by atoms with E-state index < -0.39 is 0 Å². The summed E-state index contributed by atoms with van der Waals surface area (Å²) in [5, 5.41) is 10.2. The van der Waals surface area contributed by atoms with Gasteiger partial charge in [0.1, 0.15) is 5.75 Å². The lowest BCUT2D eigenvalue weighted by Crippen LogP contribution is -2.10. The van der Waals surface area contributed by atoms with Crippen LogP contribution < -0.4 is 0 Å². The van der Waals surface area contributed by atoms with Gasteiger partial charge in [0, 0.05) is 5.92 Å². The molecule has 27 heavy (non-hydrogen) atoms. The standard InChI is InChI=1S/C26H26O/c1-17-8-10-21(11-9-17)25(24-14-18(2)26(27)19(3)15-24)23-13-12-20-6-4-5-7-22(20)16-23/h4-11,14-16,25,27H,12-13H2,1-3H3. The number of hydrogen-bond donors (Lipinski definition) is 1. The van der Waals surface area contributed by atoms with Gasteiger partial charge in [0.2, 0.25) is 0 Å². The van der Waals surface area contributed by atoms with Crippen molar-refractivity contribution in [3.05, 3.63) is 105 Å². The van der Waals surface area contributed by atoms with Crippen LogP contribution in [0.3, 0.4) is 0 Å². The maximum absolute atomic E-state index is 10.2. The molecule has 1 N–H and O–H groups in total. The molecule has 3 aromatic carbocycles. The van der Waals surface area contributed by atoms with E-state index in [0.717, 1.165) is 24.0 Å². The van der Waals surface area contributed by atoms with Crippen molar-refractivity contribution in [2.45, 2.75) is 39.5 Å². The van der Waals surface area contributed by atoms with Crippen molar-refractivity contribution in [1.82, 2.24) is 0 Å². The molecule has 4 rings (SSSR count). The van der Waals surface area contributed by atoms with Gasteiger partial charge in [-0.2, -0.15) is 0 Å². The average molecular weight is 354 g/mol. The van der Waals surface area contributed by atoms with Crippen LogP contribution in [-0.4, -0.2) is 5.11 Å². The van der Waals surface area contributed by atoms with Crippen molar-refractivity contribution in [1.29, 1.82) is 0 Å². The first-order chi connectivity index (χ1) is 13.0. The Balaban J connectivity index is 1.87. The van der Waals surface area contributed by atoms with Gasteiger partial charge in [-0.15, -0.1) is 0 Å². The normalized spacial score (nSPS) is 14.4. The Hall–Kier alpha value is -2.80. The first-order valence-corrected chi connectivity index (χ1v) is 9.68. The van der Waals surface area contributed by atoms with Crippen LogP contribution in [0.4, 0.5) is 0 Å². The summed E-state index contributed by atoms with van der Waals surface area (Å²) in [7, 11) is 0. The van der Waals surface area contributed by atoms with Crippen LogP contribution in [0.25, 0.3) is 6.08 Å². The Kier molecular flexibility index (Phi) is 4.61. The fourth-order valence-electron chi connectivity index (χ4n) is 4.22. The number of phenolic OH excluding ortho intramolecular Hbond substituents is 1. The quantitative estimate of drug-likeness (QED) is 0.571. The molecule has 1 heteroatoms. The summed E-state index contributed by atoms with van der Waals surface area (Å²) in [5.41, 5.74) is 9.96. The maximum atomic E-state index is 10.2. The molecule has 0 heterocycles. The summed E-state index contributed by atoms with van der Waals surface area (Å²) in [5.74, 6) is 0.626. The Morgan fingerprint density at radius 1 is 0.778 bits per heavy atom. The van der Waals surface area contributed by atoms with Gasteiger partial charge in [-0.05, 0) is 67.0 Å². The lowest BCUT2D eigenvalue weighted by atomic mass is 9.78. The third-order valence-electron chi connectivity index (χ3n) is 5.71. The van der Waals surface area contributed by atoms with Crippen LogP contribution in [0.15, 0.2) is 66.2 Å². The van der Waals surface area contributed by atoms with Gasteiger partial charge in [-0.25, -0.2) is 0 Å². The highest BCUT2D eigenvalue weighted by molar-refractivity contribution is 5.64. The van der Waals surface area contributed by atoms with E-state index in [1.165, 1.54) is 33.4 Å². The average Bonchev–Trinajstić information content (AvgIpc) is 2.67. The van der Waals surface area contributed by atoms with Crippen LogP contribution in [0.5, 0.6) is 5.75 Å². The van der Waals surface area contributed by atoms with Crippen molar-refractivity contribution < 1.29 is 5.11 Å². The topological polar surface area (TPSA) is 20.2 Å². The summed E-state index contributed by atoms with van der Waals surface area (Å²) in [4.78, 5) is 0. The Morgan fingerprint density at radius 2 is 1.44 bits per heavy atom. The lowest BCUT2D eigenvalue weighted by molar-refractivity contribution is 0.466. The zero-order valence-electron chi connectivity index (χ0n) is 16.3. The molecular formula is C26H26O. The van der Waals surface area contributed by atoms with Crippen LogP contribution >= 0.6 is 0 Å². The van der Waals surface area contributed by atoms with Crippen molar-refractivity contribution >= 4 is 6.08 Å². The highest BCUT2D eigenvalue weighted by Crippen LogP contribution is 2.40. The molecule has 0 aromatic heterocycles. The molecule has 0 aliphatic heterocycles. The van der Waals surface area contributed by atoms with E-state index in [4.69, 9.17) is 0 Å². The van der Waals surface area contributed by atoms with Gasteiger partial charge >= 0.3 is 0 Å². The van der Waals surface area contributed by atoms with E-state index in [0.29, 0.717) is 5.75 Å². The Labute approximate surface area is 162 Å². The minimum Gasteiger partial charge on any atom is -0.507 e. The monoisotopic (exact) mass is 354 g/mol. The Morgan fingerprint density at radius 3 is 2.15 bits per heavy atom. The van der Waals surface area contributed by atoms with Gasteiger partial charge in [0.05, 0.1) is 0 Å². The molecule has 1 aliphatic carbocycles. The van der Waals surface area contributed by atoms with E-state index in [2.05, 4.69) is 73.7 Å². The molecule has 0 saturated heterocycles. The number of aryl methyl sites for hydroxylation is 4. The SMILES string of the molecule is Cc1ccc(C(C2=Cc3ccccc3CC2)c2cc(C)c(O)c(C)c2)cc1. The molecule has 0 spiro atoms. The maximum Gasteiger partial charge on any atom is 0.121 e. The molecule has 3 aromatic rings. The van der Waals surface area contributed by atoms with Gasteiger partial charge in [-0.3, -0.25) is 0 Å². The zero-order valence-corrected chi connectivity index (χ0v) is 16.3. The molecule has 1 atom stereocenters. The van der Waals surface area contributed by atoms with Gasteiger partial charge in [-0.1, -0.05) is 77.9 Å². The van der Waals surface area contributed by atoms with Crippen molar-refractivity contribution in [3.8, 4) is 5.75 Å². The highest BCUT2D eigenvalue weighted by atomic mass is 16.3. The number of rotatable bonds is 3. The number of hydrogen-bond acceptors (Lipinski definition) is 1. The number of aromatic hydroxyl groups is 1. The minimum atomic E-state index is 0.219. The van der Waals surface area contributed by atoms with E-state index in [-0.39, 0.29) is 5.92 Å². The molecule has 0 fully saturated rings. The number of allylic oxidation sites excluding steroid dienone is 1. The summed E-state index contributed by atoms with van der Waals surface area (Å²) >= 11 is 0. The van der Waals surface area contributed by atoms with Gasteiger partial charge < -0.3 is 5.11 Å². The molecule has 0 amide bonds. The zero-order chi connectivity index (χ0) is 19.0. The predicted molar refractivity (Wildman–Crippen MR) is 113 cm³/mol. The van der Waals surface area contributed by atoms with Crippen molar-refractivity contribution in [2.24, 2.45) is 0 Å². The molecule has 1 nitrogen and oxygen atoms in total. The first kappa shape index (κ1) is 17.6. The van der Waals surface area contributed by atoms with Crippen molar-refractivity contribution in [3.63, 3.8) is 0 Å². The van der Waals surface area contributed by atoms with E-state index in [9.17, 15) is 5.11 Å². The minimum absolute atomic E-state index is 0.219. The Bertz CT molecular complexity index is 986. The number of benzene rings is 3. The van der Waals surface area contributed by atoms with Crippen LogP contribution in [0.1, 0.15) is 51.3 Å². The molecule has 0 bridgehead atoms. The number of fused-ring (bicyclic) bond motifs is 1. The molecule has 0 saturated carbocycles. The van der Waals surface area contributed by atoms with Crippen LogP contribution in [0, 0.1) is 20.8 Å². The smallest absolute Gasteiger partial charge is 0.121 e. The van der Waals surface area contributed by atoms with E-state index in [1.807, 2.05) is 13.8 Å². The molecule has 136 valence electrons. The largest absolute Gasteiger partial charge is 0.507 e. The fourth-order valence-corrected chi connectivity index (χ4v) is 4.22. The highest BCUT2D eigenvalue weighted by Gasteiger charge is 2.23. The summed E-state index contributed by atoms with van der Waals surface area (Å²) in [6.07, 6.45) is 4.52. The van der Waals surface area contributed by atoms with Crippen LogP contribution in [-0.2, 0) is 6.42 Å². The molecular weight excluding hydrogens is 328 g/mol. The fraction of sp³-hybridized carbons (Fsp3) is 0.231. The predicted octanol–water partition coefficient (Wildman–Crippen LogP) is 6.48. The first-order valence-electron chi connectivity index (χ1n) is 9.68. The lowest BCUT2D eigenvalue weighted by Gasteiger charge is -2.26. The second kappa shape index (κ2) is 7.08. The number of phenols is 1. The third kappa shape index (κ3) is 3.42. The molecule has 1 unspecified atom stereocenters. The second-order valence-electron chi connectivity index (χ2n) is 7.77. The van der Waals surface area contributed by atoms with E-state index >= 15 is 0 Å². The second-order valence-corrected chi connectivity index (χ2v) is 7.77. The van der Waals surface area contributed by atoms with Crippen molar-refractivity contribution in [2.75, 3.05) is 0 Å². The summed E-state index contributed by atoms with van der Waals surface area (Å²) < 4.78 is 0. The summed E-state index contributed by atoms with van der Waals surface area (Å²) in [6.45, 7) is 6.11. The summed E-state index contributed by atoms with van der Waals surface area (Å²) in [6, 6.07) is 21.9. The third-order valence-corrected chi connectivity index (χ3v) is 5.71. The van der Waals surface area contributed by atoms with E-state index in [1.54, 1.807) is 0 Å². The van der Waals surface area contributed by atoms with Gasteiger partial charge in [0.25, 0.3) is 0 Å². The van der Waals surface area contributed by atoms with Gasteiger partial charge in [0.15, 0.2) is 0 Å².